The molecule has 0 aromatic heterocycles. The van der Waals surface area contributed by atoms with E-state index in [1.165, 1.54) is 0 Å². The van der Waals surface area contributed by atoms with E-state index in [0.29, 0.717) is 13.1 Å². The Kier molecular flexibility index (Phi) is 5.25. The second kappa shape index (κ2) is 6.17. The van der Waals surface area contributed by atoms with Crippen LogP contribution in [0, 0.1) is 5.41 Å². The highest BCUT2D eigenvalue weighted by Crippen LogP contribution is 2.35. The highest BCUT2D eigenvalue weighted by molar-refractivity contribution is 5.69. The summed E-state index contributed by atoms with van der Waals surface area (Å²) in [5.74, 6) is 0. The number of likely N-dealkylation sites (tertiary alicyclic amines) is 1. The zero-order chi connectivity index (χ0) is 15.6. The van der Waals surface area contributed by atoms with Gasteiger partial charge >= 0.3 is 6.09 Å². The van der Waals surface area contributed by atoms with E-state index in [2.05, 4.69) is 20.4 Å². The first-order valence-electron chi connectivity index (χ1n) is 7.43. The first-order chi connectivity index (χ1) is 9.06. The summed E-state index contributed by atoms with van der Waals surface area (Å²) >= 11 is 0. The predicted octanol–water partition coefficient (Wildman–Crippen LogP) is 3.32. The Morgan fingerprint density at radius 2 is 2.05 bits per heavy atom. The van der Waals surface area contributed by atoms with Gasteiger partial charge in [-0.15, -0.1) is 0 Å². The molecule has 1 aliphatic rings. The zero-order valence-electron chi connectivity index (χ0n) is 13.7. The van der Waals surface area contributed by atoms with Crippen LogP contribution in [0.3, 0.4) is 0 Å². The summed E-state index contributed by atoms with van der Waals surface area (Å²) < 4.78 is 5.54. The minimum absolute atomic E-state index is 0.0569. The molecule has 2 N–H and O–H groups in total. The molecule has 0 spiro atoms. The number of piperidine rings is 1. The zero-order valence-corrected chi connectivity index (χ0v) is 13.7. The number of carbonyl (C=O) groups excluding carboxylic acids is 1. The number of rotatable bonds is 3. The number of carbonyl (C=O) groups is 1. The van der Waals surface area contributed by atoms with Crippen LogP contribution >= 0.6 is 0 Å². The lowest BCUT2D eigenvalue weighted by Gasteiger charge is -2.44. The Morgan fingerprint density at radius 3 is 2.55 bits per heavy atom. The summed E-state index contributed by atoms with van der Waals surface area (Å²) in [6.45, 7) is 15.4. The van der Waals surface area contributed by atoms with Gasteiger partial charge in [0.05, 0.1) is 6.04 Å². The smallest absolute Gasteiger partial charge is 0.410 e. The maximum absolute atomic E-state index is 12.5. The summed E-state index contributed by atoms with van der Waals surface area (Å²) in [7, 11) is 0. The van der Waals surface area contributed by atoms with Crippen molar-refractivity contribution in [2.45, 2.75) is 65.5 Å². The van der Waals surface area contributed by atoms with Gasteiger partial charge in [0, 0.05) is 6.54 Å². The van der Waals surface area contributed by atoms with Gasteiger partial charge in [0.2, 0.25) is 0 Å². The number of amides is 1. The van der Waals surface area contributed by atoms with Gasteiger partial charge < -0.3 is 15.4 Å². The van der Waals surface area contributed by atoms with Crippen LogP contribution in [-0.2, 0) is 4.74 Å². The number of nitrogens with zero attached hydrogens (tertiary/aromatic N) is 1. The molecule has 20 heavy (non-hydrogen) atoms. The van der Waals surface area contributed by atoms with Gasteiger partial charge in [-0.3, -0.25) is 0 Å². The van der Waals surface area contributed by atoms with E-state index in [9.17, 15) is 4.79 Å². The lowest BCUT2D eigenvalue weighted by Crippen LogP contribution is -2.52. The van der Waals surface area contributed by atoms with Crippen molar-refractivity contribution < 1.29 is 9.53 Å². The minimum Gasteiger partial charge on any atom is -0.444 e. The topological polar surface area (TPSA) is 55.6 Å². The quantitative estimate of drug-likeness (QED) is 0.808. The van der Waals surface area contributed by atoms with E-state index < -0.39 is 5.60 Å². The first-order valence-corrected chi connectivity index (χ1v) is 7.43. The Balaban J connectivity index is 2.87. The second-order valence-corrected chi connectivity index (χ2v) is 7.52. The van der Waals surface area contributed by atoms with E-state index in [0.717, 1.165) is 24.8 Å². The molecule has 0 bridgehead atoms. The van der Waals surface area contributed by atoms with Crippen molar-refractivity contribution in [1.82, 2.24) is 4.90 Å². The summed E-state index contributed by atoms with van der Waals surface area (Å²) in [6, 6.07) is 0.0569. The van der Waals surface area contributed by atoms with Crippen LogP contribution in [0.2, 0.25) is 0 Å². The van der Waals surface area contributed by atoms with Gasteiger partial charge in [-0.25, -0.2) is 4.79 Å². The van der Waals surface area contributed by atoms with E-state index >= 15 is 0 Å². The summed E-state index contributed by atoms with van der Waals surface area (Å²) in [6.07, 6.45) is 2.53. The largest absolute Gasteiger partial charge is 0.444 e. The molecule has 0 aliphatic carbocycles. The van der Waals surface area contributed by atoms with Crippen LogP contribution in [0.5, 0.6) is 0 Å². The fourth-order valence-corrected chi connectivity index (χ4v) is 2.62. The van der Waals surface area contributed by atoms with Crippen molar-refractivity contribution in [3.05, 3.63) is 12.2 Å². The monoisotopic (exact) mass is 282 g/mol. The van der Waals surface area contributed by atoms with E-state index in [-0.39, 0.29) is 17.6 Å². The highest BCUT2D eigenvalue weighted by Gasteiger charge is 2.38. The first kappa shape index (κ1) is 17.0. The van der Waals surface area contributed by atoms with Gasteiger partial charge in [0.15, 0.2) is 0 Å². The fourth-order valence-electron chi connectivity index (χ4n) is 2.62. The Hall–Kier alpha value is -1.03. The third kappa shape index (κ3) is 4.82. The van der Waals surface area contributed by atoms with Crippen LogP contribution in [0.1, 0.15) is 53.9 Å². The molecule has 4 heteroatoms. The molecule has 1 amide bonds. The van der Waals surface area contributed by atoms with Gasteiger partial charge in [-0.05, 0) is 52.0 Å². The number of hydrogen-bond acceptors (Lipinski definition) is 3. The fraction of sp³-hybridized carbons (Fsp3) is 0.812. The molecule has 0 saturated carbocycles. The molecule has 116 valence electrons. The maximum atomic E-state index is 12.5. The van der Waals surface area contributed by atoms with Crippen molar-refractivity contribution in [2.75, 3.05) is 13.1 Å². The lowest BCUT2D eigenvalue weighted by molar-refractivity contribution is -0.00228. The molecule has 0 aromatic rings. The molecular formula is C16H30N2O2. The second-order valence-electron chi connectivity index (χ2n) is 7.52. The van der Waals surface area contributed by atoms with E-state index in [1.807, 2.05) is 25.7 Å². The molecule has 1 saturated heterocycles. The summed E-state index contributed by atoms with van der Waals surface area (Å²) in [5.41, 5.74) is 6.30. The van der Waals surface area contributed by atoms with Crippen molar-refractivity contribution in [1.29, 1.82) is 0 Å². The van der Waals surface area contributed by atoms with Gasteiger partial charge in [-0.2, -0.15) is 0 Å². The lowest BCUT2D eigenvalue weighted by atomic mass is 9.79. The summed E-state index contributed by atoms with van der Waals surface area (Å²) in [4.78, 5) is 14.3. The predicted molar refractivity (Wildman–Crippen MR) is 82.6 cm³/mol. The molecule has 4 nitrogen and oxygen atoms in total. The summed E-state index contributed by atoms with van der Waals surface area (Å²) in [5, 5.41) is 0. The van der Waals surface area contributed by atoms with Crippen molar-refractivity contribution >= 4 is 6.09 Å². The average molecular weight is 282 g/mol. The molecule has 1 rings (SSSR count). The molecule has 1 unspecified atom stereocenters. The van der Waals surface area contributed by atoms with Crippen LogP contribution in [-0.4, -0.2) is 35.7 Å². The normalized spacial score (nSPS) is 22.5. The Labute approximate surface area is 123 Å². The Morgan fingerprint density at radius 1 is 1.45 bits per heavy atom. The van der Waals surface area contributed by atoms with Crippen LogP contribution in [0.15, 0.2) is 12.2 Å². The third-order valence-electron chi connectivity index (χ3n) is 3.63. The highest BCUT2D eigenvalue weighted by atomic mass is 16.6. The number of nitrogens with two attached hydrogens (primary N) is 1. The van der Waals surface area contributed by atoms with Crippen molar-refractivity contribution in [3.63, 3.8) is 0 Å². The molecule has 1 aliphatic heterocycles. The molecule has 0 aromatic carbocycles. The molecule has 1 atom stereocenters. The van der Waals surface area contributed by atoms with Gasteiger partial charge in [0.1, 0.15) is 5.60 Å². The Bertz CT molecular complexity index is 369. The van der Waals surface area contributed by atoms with Crippen LogP contribution in [0.25, 0.3) is 0 Å². The van der Waals surface area contributed by atoms with Crippen molar-refractivity contribution in [2.24, 2.45) is 11.1 Å². The SMILES string of the molecule is C=C(CCN)C1CCC(C)(C)CN1C(=O)OC(C)(C)C. The van der Waals surface area contributed by atoms with Crippen LogP contribution < -0.4 is 5.73 Å². The minimum atomic E-state index is -0.474. The van der Waals surface area contributed by atoms with Gasteiger partial charge in [-0.1, -0.05) is 26.0 Å². The molecule has 1 fully saturated rings. The molecule has 1 heterocycles. The number of ether oxygens (including phenoxy) is 1. The van der Waals surface area contributed by atoms with E-state index in [4.69, 9.17) is 10.5 Å². The van der Waals surface area contributed by atoms with Crippen LogP contribution in [0.4, 0.5) is 4.79 Å². The maximum Gasteiger partial charge on any atom is 0.410 e. The van der Waals surface area contributed by atoms with Gasteiger partial charge in [0.25, 0.3) is 0 Å². The molecular weight excluding hydrogens is 252 g/mol. The number of hydrogen-bond donors (Lipinski definition) is 1. The van der Waals surface area contributed by atoms with E-state index in [1.54, 1.807) is 0 Å². The standard InChI is InChI=1S/C16H30N2O2/c1-12(8-10-17)13-7-9-16(5,6)11-18(13)14(19)20-15(2,3)4/h13H,1,7-11,17H2,2-6H3. The average Bonchev–Trinajstić information content (AvgIpc) is 2.25. The van der Waals surface area contributed by atoms with Crippen molar-refractivity contribution in [3.8, 4) is 0 Å². The third-order valence-corrected chi connectivity index (χ3v) is 3.63. The molecule has 0 radical (unpaired) electrons.